The van der Waals surface area contributed by atoms with E-state index in [9.17, 15) is 0 Å². The molecule has 0 aliphatic heterocycles. The van der Waals surface area contributed by atoms with E-state index in [0.29, 0.717) is 21.6 Å². The van der Waals surface area contributed by atoms with E-state index in [-0.39, 0.29) is 0 Å². The van der Waals surface area contributed by atoms with Crippen molar-refractivity contribution < 1.29 is 0 Å². The molecule has 2 aromatic carbocycles. The van der Waals surface area contributed by atoms with Gasteiger partial charge in [0, 0.05) is 29.2 Å². The Balaban J connectivity index is 0.000000941. The fraction of sp³-hybridized carbons (Fsp3) is 0.480. The number of hydrogen-bond acceptors (Lipinski definition) is 2. The normalized spacial score (nSPS) is 20.6. The minimum atomic E-state index is 0.573. The highest BCUT2D eigenvalue weighted by Gasteiger charge is 2.38. The van der Waals surface area contributed by atoms with E-state index in [1.54, 1.807) is 6.07 Å². The molecule has 0 saturated heterocycles. The van der Waals surface area contributed by atoms with Crippen LogP contribution in [0.4, 0.5) is 0 Å². The standard InChI is InChI=1S/C23H29Br2N.C2H3N/c1-17(2)26(16-19-7-4-3-5-8-19)14-6-9-18-10-12-20(13-11-18)21-15-22(24)23(21)25;1-2-3/h3-5,7-8,10-13,17,21-23H,6,9,14-16H2,1-2H3;1H3. The molecule has 2 aromatic rings. The Hall–Kier alpha value is -1.15. The molecule has 1 fully saturated rings. The van der Waals surface area contributed by atoms with E-state index in [4.69, 9.17) is 5.26 Å². The lowest BCUT2D eigenvalue weighted by molar-refractivity contribution is 0.210. The summed E-state index contributed by atoms with van der Waals surface area (Å²) in [4.78, 5) is 3.77. The maximum Gasteiger partial charge on any atom is 0.0587 e. The first-order valence-electron chi connectivity index (χ1n) is 10.4. The Bertz CT molecular complexity index is 753. The molecule has 3 rings (SSSR count). The first-order chi connectivity index (χ1) is 14.0. The molecule has 0 amide bonds. The number of alkyl halides is 2. The van der Waals surface area contributed by atoms with Crippen molar-refractivity contribution in [1.29, 1.82) is 5.26 Å². The summed E-state index contributed by atoms with van der Waals surface area (Å²) in [5, 5.41) is 7.32. The summed E-state index contributed by atoms with van der Waals surface area (Å²) in [6.07, 6.45) is 3.60. The number of benzene rings is 2. The van der Waals surface area contributed by atoms with Crippen molar-refractivity contribution in [1.82, 2.24) is 4.90 Å². The van der Waals surface area contributed by atoms with Gasteiger partial charge in [-0.25, -0.2) is 0 Å². The van der Waals surface area contributed by atoms with Crippen LogP contribution < -0.4 is 0 Å². The molecule has 29 heavy (non-hydrogen) atoms. The van der Waals surface area contributed by atoms with Crippen molar-refractivity contribution in [3.63, 3.8) is 0 Å². The summed E-state index contributed by atoms with van der Waals surface area (Å²) >= 11 is 7.50. The molecule has 0 aromatic heterocycles. The van der Waals surface area contributed by atoms with Crippen LogP contribution in [0.15, 0.2) is 54.6 Å². The largest absolute Gasteiger partial charge is 0.297 e. The van der Waals surface area contributed by atoms with E-state index in [2.05, 4.69) is 105 Å². The molecule has 0 spiro atoms. The SMILES string of the molecule is CC#N.CC(C)N(CCCc1ccc(C2CC(Br)C2Br)cc1)Cc1ccccc1. The quantitative estimate of drug-likeness (QED) is 0.348. The first kappa shape index (κ1) is 24.1. The van der Waals surface area contributed by atoms with Crippen LogP contribution in [0.5, 0.6) is 0 Å². The summed E-state index contributed by atoms with van der Waals surface area (Å²) in [5.41, 5.74) is 4.33. The predicted octanol–water partition coefficient (Wildman–Crippen LogP) is 7.07. The maximum atomic E-state index is 7.32. The Morgan fingerprint density at radius 1 is 1.03 bits per heavy atom. The predicted molar refractivity (Wildman–Crippen MR) is 131 cm³/mol. The van der Waals surface area contributed by atoms with Gasteiger partial charge in [0.25, 0.3) is 0 Å². The lowest BCUT2D eigenvalue weighted by Crippen LogP contribution is -2.35. The fourth-order valence-corrected chi connectivity index (χ4v) is 5.14. The third-order valence-corrected chi connectivity index (χ3v) is 8.42. The van der Waals surface area contributed by atoms with Crippen LogP contribution in [0.3, 0.4) is 0 Å². The van der Waals surface area contributed by atoms with Crippen molar-refractivity contribution in [2.45, 2.75) is 68.2 Å². The van der Waals surface area contributed by atoms with Crippen LogP contribution in [0, 0.1) is 11.3 Å². The number of hydrogen-bond donors (Lipinski definition) is 0. The Kier molecular flexibility index (Phi) is 10.4. The Morgan fingerprint density at radius 3 is 2.17 bits per heavy atom. The minimum Gasteiger partial charge on any atom is -0.297 e. The van der Waals surface area contributed by atoms with Gasteiger partial charge in [0.1, 0.15) is 0 Å². The third-order valence-electron chi connectivity index (χ3n) is 5.49. The molecule has 3 unspecified atom stereocenters. The summed E-state index contributed by atoms with van der Waals surface area (Å²) in [6.45, 7) is 8.21. The zero-order valence-corrected chi connectivity index (χ0v) is 20.9. The highest BCUT2D eigenvalue weighted by molar-refractivity contribution is 9.12. The van der Waals surface area contributed by atoms with Crippen LogP contribution in [0.1, 0.15) is 56.2 Å². The summed E-state index contributed by atoms with van der Waals surface area (Å²) in [5.74, 6) is 0.663. The topological polar surface area (TPSA) is 27.0 Å². The Morgan fingerprint density at radius 2 is 1.66 bits per heavy atom. The average molecular weight is 520 g/mol. The van der Waals surface area contributed by atoms with Gasteiger partial charge < -0.3 is 0 Å². The molecule has 156 valence electrons. The number of aryl methyl sites for hydroxylation is 1. The van der Waals surface area contributed by atoms with Gasteiger partial charge in [0.05, 0.1) is 6.07 Å². The van der Waals surface area contributed by atoms with E-state index in [0.717, 1.165) is 19.5 Å². The average Bonchev–Trinajstić information content (AvgIpc) is 2.73. The van der Waals surface area contributed by atoms with E-state index < -0.39 is 0 Å². The van der Waals surface area contributed by atoms with Gasteiger partial charge in [-0.2, -0.15) is 5.26 Å². The lowest BCUT2D eigenvalue weighted by Gasteiger charge is -2.38. The van der Waals surface area contributed by atoms with Gasteiger partial charge in [-0.3, -0.25) is 4.90 Å². The lowest BCUT2D eigenvalue weighted by atomic mass is 9.79. The Labute approximate surface area is 193 Å². The summed E-state index contributed by atoms with van der Waals surface area (Å²) < 4.78 is 0. The first-order valence-corrected chi connectivity index (χ1v) is 12.2. The molecule has 3 atom stereocenters. The molecule has 1 aliphatic carbocycles. The zero-order valence-electron chi connectivity index (χ0n) is 17.7. The van der Waals surface area contributed by atoms with Crippen molar-refractivity contribution >= 4 is 31.9 Å². The molecular formula is C25H32Br2N2. The molecular weight excluding hydrogens is 488 g/mol. The van der Waals surface area contributed by atoms with Gasteiger partial charge in [-0.1, -0.05) is 86.5 Å². The molecule has 4 heteroatoms. The maximum absolute atomic E-state index is 7.32. The molecule has 1 aliphatic rings. The molecule has 1 saturated carbocycles. The molecule has 0 heterocycles. The van der Waals surface area contributed by atoms with Crippen LogP contribution in [-0.2, 0) is 13.0 Å². The number of halogens is 2. The fourth-order valence-electron chi connectivity index (χ4n) is 3.63. The summed E-state index contributed by atoms with van der Waals surface area (Å²) in [6, 6.07) is 22.4. The number of nitriles is 1. The van der Waals surface area contributed by atoms with E-state index in [1.807, 2.05) is 0 Å². The van der Waals surface area contributed by atoms with Crippen molar-refractivity contribution in [3.05, 3.63) is 71.3 Å². The number of nitrogens with zero attached hydrogens (tertiary/aromatic N) is 2. The molecule has 2 nitrogen and oxygen atoms in total. The van der Waals surface area contributed by atoms with Crippen LogP contribution in [-0.4, -0.2) is 27.1 Å². The number of rotatable bonds is 8. The molecule has 0 N–H and O–H groups in total. The third kappa shape index (κ3) is 7.55. The monoisotopic (exact) mass is 518 g/mol. The minimum absolute atomic E-state index is 0.573. The van der Waals surface area contributed by atoms with Crippen molar-refractivity contribution in [3.8, 4) is 6.07 Å². The van der Waals surface area contributed by atoms with Gasteiger partial charge in [-0.15, -0.1) is 0 Å². The van der Waals surface area contributed by atoms with Gasteiger partial charge >= 0.3 is 0 Å². The highest BCUT2D eigenvalue weighted by atomic mass is 79.9. The van der Waals surface area contributed by atoms with Gasteiger partial charge in [-0.05, 0) is 62.3 Å². The van der Waals surface area contributed by atoms with Gasteiger partial charge in [0.2, 0.25) is 0 Å². The van der Waals surface area contributed by atoms with Crippen LogP contribution >= 0.6 is 31.9 Å². The van der Waals surface area contributed by atoms with Crippen LogP contribution in [0.25, 0.3) is 0 Å². The second kappa shape index (κ2) is 12.5. The second-order valence-corrected chi connectivity index (χ2v) is 10.2. The van der Waals surface area contributed by atoms with E-state index >= 15 is 0 Å². The van der Waals surface area contributed by atoms with Crippen molar-refractivity contribution in [2.75, 3.05) is 6.54 Å². The van der Waals surface area contributed by atoms with Crippen molar-refractivity contribution in [2.24, 2.45) is 0 Å². The smallest absolute Gasteiger partial charge is 0.0587 e. The zero-order chi connectivity index (χ0) is 21.2. The van der Waals surface area contributed by atoms with E-state index in [1.165, 1.54) is 36.5 Å². The van der Waals surface area contributed by atoms with Gasteiger partial charge in [0.15, 0.2) is 0 Å². The second-order valence-electron chi connectivity index (χ2n) is 7.92. The van der Waals surface area contributed by atoms with Crippen LogP contribution in [0.2, 0.25) is 0 Å². The summed E-state index contributed by atoms with van der Waals surface area (Å²) in [7, 11) is 0. The highest BCUT2D eigenvalue weighted by Crippen LogP contribution is 2.46. The molecule has 0 bridgehead atoms. The molecule has 0 radical (unpaired) electrons.